The average molecular weight is 482 g/mol. The van der Waals surface area contributed by atoms with E-state index in [1.807, 2.05) is 66.7 Å². The van der Waals surface area contributed by atoms with E-state index in [4.69, 9.17) is 9.15 Å². The number of anilines is 1. The molecule has 6 nitrogen and oxygen atoms in total. The van der Waals surface area contributed by atoms with E-state index in [0.717, 1.165) is 10.0 Å². The predicted molar refractivity (Wildman–Crippen MR) is 120 cm³/mol. The summed E-state index contributed by atoms with van der Waals surface area (Å²) in [6.45, 7) is 0. The van der Waals surface area contributed by atoms with Crippen LogP contribution in [0.5, 0.6) is 11.5 Å². The van der Waals surface area contributed by atoms with E-state index >= 15 is 0 Å². The lowest BCUT2D eigenvalue weighted by atomic mass is 10.2. The normalized spacial score (nSPS) is 10.6. The SMILES string of the molecule is O=C(CSc1nnc(-c2ccc(Br)cc2)o1)Nc1ccccc1Oc1ccccc1. The van der Waals surface area contributed by atoms with Gasteiger partial charge in [-0.1, -0.05) is 58.0 Å². The fourth-order valence-corrected chi connectivity index (χ4v) is 3.39. The predicted octanol–water partition coefficient (Wildman–Crippen LogP) is 6.02. The second-order valence-electron chi connectivity index (χ2n) is 6.13. The number of halogens is 1. The lowest BCUT2D eigenvalue weighted by molar-refractivity contribution is -0.113. The molecule has 0 saturated heterocycles. The summed E-state index contributed by atoms with van der Waals surface area (Å²) >= 11 is 4.56. The molecule has 0 spiro atoms. The summed E-state index contributed by atoms with van der Waals surface area (Å²) in [5.74, 6) is 1.60. The largest absolute Gasteiger partial charge is 0.455 e. The number of hydrogen-bond acceptors (Lipinski definition) is 6. The molecule has 0 unspecified atom stereocenters. The van der Waals surface area contributed by atoms with Gasteiger partial charge >= 0.3 is 0 Å². The van der Waals surface area contributed by atoms with Gasteiger partial charge in [-0.15, -0.1) is 10.2 Å². The van der Waals surface area contributed by atoms with Gasteiger partial charge in [-0.25, -0.2) is 0 Å². The minimum Gasteiger partial charge on any atom is -0.455 e. The van der Waals surface area contributed by atoms with E-state index in [0.29, 0.717) is 28.3 Å². The van der Waals surface area contributed by atoms with Gasteiger partial charge < -0.3 is 14.5 Å². The molecule has 3 aromatic carbocycles. The monoisotopic (exact) mass is 481 g/mol. The van der Waals surface area contributed by atoms with E-state index < -0.39 is 0 Å². The highest BCUT2D eigenvalue weighted by atomic mass is 79.9. The van der Waals surface area contributed by atoms with E-state index in [-0.39, 0.29) is 11.7 Å². The zero-order valence-corrected chi connectivity index (χ0v) is 18.0. The molecule has 0 aliphatic heterocycles. The molecule has 4 aromatic rings. The lowest BCUT2D eigenvalue weighted by Gasteiger charge is -2.11. The number of nitrogens with one attached hydrogen (secondary N) is 1. The van der Waals surface area contributed by atoms with Gasteiger partial charge in [-0.2, -0.15) is 0 Å². The van der Waals surface area contributed by atoms with Crippen LogP contribution in [0.15, 0.2) is 93.0 Å². The third-order valence-electron chi connectivity index (χ3n) is 3.96. The number of benzene rings is 3. The third kappa shape index (κ3) is 5.28. The standard InChI is InChI=1S/C22H16BrN3O3S/c23-16-12-10-15(11-13-16)21-25-26-22(29-21)30-14-20(27)24-18-8-4-5-9-19(18)28-17-6-2-1-3-7-17/h1-13H,14H2,(H,24,27). The van der Waals surface area contributed by atoms with Crippen LogP contribution >= 0.6 is 27.7 Å². The number of carbonyl (C=O) groups is 1. The molecular formula is C22H16BrN3O3S. The third-order valence-corrected chi connectivity index (χ3v) is 5.30. The Bertz CT molecular complexity index is 1130. The van der Waals surface area contributed by atoms with Crippen LogP contribution < -0.4 is 10.1 Å². The number of aromatic nitrogens is 2. The van der Waals surface area contributed by atoms with Gasteiger partial charge in [0.2, 0.25) is 11.8 Å². The van der Waals surface area contributed by atoms with Gasteiger partial charge in [0.05, 0.1) is 11.4 Å². The van der Waals surface area contributed by atoms with Crippen LogP contribution in [-0.2, 0) is 4.79 Å². The molecule has 0 saturated carbocycles. The fourth-order valence-electron chi connectivity index (χ4n) is 2.57. The lowest BCUT2D eigenvalue weighted by Crippen LogP contribution is -2.14. The average Bonchev–Trinajstić information content (AvgIpc) is 3.24. The number of nitrogens with zero attached hydrogens (tertiary/aromatic N) is 2. The maximum atomic E-state index is 12.4. The van der Waals surface area contributed by atoms with Crippen LogP contribution in [0, 0.1) is 0 Å². The summed E-state index contributed by atoms with van der Waals surface area (Å²) in [7, 11) is 0. The van der Waals surface area contributed by atoms with Gasteiger partial charge in [0.25, 0.3) is 5.22 Å². The van der Waals surface area contributed by atoms with Gasteiger partial charge in [-0.3, -0.25) is 4.79 Å². The fraction of sp³-hybridized carbons (Fsp3) is 0.0455. The summed E-state index contributed by atoms with van der Waals surface area (Å²) in [5, 5.41) is 11.2. The summed E-state index contributed by atoms with van der Waals surface area (Å²) in [6, 6.07) is 24.2. The topological polar surface area (TPSA) is 77.2 Å². The Morgan fingerprint density at radius 1 is 0.967 bits per heavy atom. The summed E-state index contributed by atoms with van der Waals surface area (Å²) < 4.78 is 12.5. The van der Waals surface area contributed by atoms with Crippen molar-refractivity contribution in [1.29, 1.82) is 0 Å². The molecule has 0 fully saturated rings. The van der Waals surface area contributed by atoms with Crippen LogP contribution in [0.1, 0.15) is 0 Å². The summed E-state index contributed by atoms with van der Waals surface area (Å²) in [5.41, 5.74) is 1.40. The highest BCUT2D eigenvalue weighted by molar-refractivity contribution is 9.10. The van der Waals surface area contributed by atoms with Crippen molar-refractivity contribution >= 4 is 39.3 Å². The Kier molecular flexibility index (Phi) is 6.46. The zero-order valence-electron chi connectivity index (χ0n) is 15.6. The van der Waals surface area contributed by atoms with Crippen LogP contribution in [0.3, 0.4) is 0 Å². The molecule has 1 aromatic heterocycles. The molecule has 1 amide bonds. The molecule has 0 aliphatic carbocycles. The van der Waals surface area contributed by atoms with Crippen LogP contribution in [-0.4, -0.2) is 21.9 Å². The first kappa shape index (κ1) is 20.2. The molecular weight excluding hydrogens is 466 g/mol. The van der Waals surface area contributed by atoms with Crippen molar-refractivity contribution in [3.05, 3.63) is 83.3 Å². The maximum absolute atomic E-state index is 12.4. The quantitative estimate of drug-likeness (QED) is 0.325. The molecule has 0 atom stereocenters. The molecule has 8 heteroatoms. The molecule has 0 bridgehead atoms. The number of hydrogen-bond donors (Lipinski definition) is 1. The van der Waals surface area contributed by atoms with Crippen LogP contribution in [0.4, 0.5) is 5.69 Å². The Morgan fingerprint density at radius 3 is 2.50 bits per heavy atom. The number of ether oxygens (including phenoxy) is 1. The van der Waals surface area contributed by atoms with E-state index in [2.05, 4.69) is 31.4 Å². The van der Waals surface area contributed by atoms with Gasteiger partial charge in [0, 0.05) is 10.0 Å². The van der Waals surface area contributed by atoms with Crippen molar-refractivity contribution in [3.8, 4) is 23.0 Å². The molecule has 30 heavy (non-hydrogen) atoms. The van der Waals surface area contributed by atoms with Gasteiger partial charge in [-0.05, 0) is 48.5 Å². The van der Waals surface area contributed by atoms with Crippen LogP contribution in [0.2, 0.25) is 0 Å². The van der Waals surface area contributed by atoms with E-state index in [1.54, 1.807) is 12.1 Å². The van der Waals surface area contributed by atoms with Gasteiger partial charge in [0.1, 0.15) is 5.75 Å². The van der Waals surface area contributed by atoms with Crippen molar-refractivity contribution in [2.45, 2.75) is 5.22 Å². The van der Waals surface area contributed by atoms with Crippen LogP contribution in [0.25, 0.3) is 11.5 Å². The molecule has 0 radical (unpaired) electrons. The first-order valence-electron chi connectivity index (χ1n) is 9.01. The zero-order chi connectivity index (χ0) is 20.8. The number of thioether (sulfide) groups is 1. The van der Waals surface area contributed by atoms with Gasteiger partial charge in [0.15, 0.2) is 5.75 Å². The number of amides is 1. The second-order valence-corrected chi connectivity index (χ2v) is 7.97. The Morgan fingerprint density at radius 2 is 1.70 bits per heavy atom. The smallest absolute Gasteiger partial charge is 0.277 e. The first-order chi connectivity index (χ1) is 14.7. The second kappa shape index (κ2) is 9.60. The molecule has 1 N–H and O–H groups in total. The van der Waals surface area contributed by atoms with Crippen molar-refractivity contribution in [3.63, 3.8) is 0 Å². The first-order valence-corrected chi connectivity index (χ1v) is 10.8. The molecule has 0 aliphatic rings. The highest BCUT2D eigenvalue weighted by Crippen LogP contribution is 2.30. The molecule has 150 valence electrons. The van der Waals surface area contributed by atoms with E-state index in [9.17, 15) is 4.79 Å². The maximum Gasteiger partial charge on any atom is 0.277 e. The van der Waals surface area contributed by atoms with Crippen molar-refractivity contribution in [2.24, 2.45) is 0 Å². The van der Waals surface area contributed by atoms with E-state index in [1.165, 1.54) is 11.8 Å². The Hall–Kier alpha value is -3.10. The minimum absolute atomic E-state index is 0.127. The summed E-state index contributed by atoms with van der Waals surface area (Å²) in [6.07, 6.45) is 0. The molecule has 1 heterocycles. The van der Waals surface area contributed by atoms with Crippen molar-refractivity contribution in [2.75, 3.05) is 11.1 Å². The molecule has 4 rings (SSSR count). The number of para-hydroxylation sites is 3. The number of carbonyl (C=O) groups excluding carboxylic acids is 1. The van der Waals surface area contributed by atoms with Crippen molar-refractivity contribution in [1.82, 2.24) is 10.2 Å². The minimum atomic E-state index is -0.201. The highest BCUT2D eigenvalue weighted by Gasteiger charge is 2.13. The van der Waals surface area contributed by atoms with Crippen molar-refractivity contribution < 1.29 is 13.9 Å². The summed E-state index contributed by atoms with van der Waals surface area (Å²) in [4.78, 5) is 12.4. The Labute approximate surface area is 185 Å². The Balaban J connectivity index is 1.36. The number of rotatable bonds is 7.